The summed E-state index contributed by atoms with van der Waals surface area (Å²) in [5.74, 6) is 0.892. The first-order chi connectivity index (χ1) is 9.78. The van der Waals surface area contributed by atoms with Crippen LogP contribution in [0.2, 0.25) is 0 Å². The fraction of sp³-hybridized carbons (Fsp3) is 0.929. The Morgan fingerprint density at radius 3 is 2.35 bits per heavy atom. The Morgan fingerprint density at radius 2 is 1.70 bits per heavy atom. The van der Waals surface area contributed by atoms with E-state index in [0.29, 0.717) is 6.61 Å². The molecule has 5 nitrogen and oxygen atoms in total. The van der Waals surface area contributed by atoms with Gasteiger partial charge in [-0.15, -0.1) is 0 Å². The highest BCUT2D eigenvalue weighted by atomic mass is 127. The molecule has 2 fully saturated rings. The normalized spacial score (nSPS) is 24.1. The minimum Gasteiger partial charge on any atom is -0.373 e. The van der Waals surface area contributed by atoms with Crippen LogP contribution in [0.15, 0.2) is 0 Å². The summed E-state index contributed by atoms with van der Waals surface area (Å²) in [6.45, 7) is 10.3. The van der Waals surface area contributed by atoms with Crippen molar-refractivity contribution >= 4 is 29.2 Å². The van der Waals surface area contributed by atoms with Gasteiger partial charge in [0.05, 0.1) is 6.61 Å². The molecule has 0 radical (unpaired) electrons. The van der Waals surface area contributed by atoms with Crippen molar-refractivity contribution in [2.75, 3.05) is 65.6 Å². The second-order valence-electron chi connectivity index (χ2n) is 5.74. The van der Waals surface area contributed by atoms with Crippen LogP contribution in [0.4, 0.5) is 0 Å². The third kappa shape index (κ3) is 5.93. The monoisotopic (exact) mass is 395 g/mol. The quantitative estimate of drug-likeness (QED) is 0.277. The van der Waals surface area contributed by atoms with Gasteiger partial charge in [-0.3, -0.25) is 4.90 Å². The molecule has 0 aliphatic carbocycles. The maximum Gasteiger partial charge on any atom is 0.145 e. The third-order valence-electron chi connectivity index (χ3n) is 4.28. The van der Waals surface area contributed by atoms with Gasteiger partial charge < -0.3 is 14.4 Å². The lowest BCUT2D eigenvalue weighted by Crippen LogP contribution is -2.49. The van der Waals surface area contributed by atoms with E-state index in [0.717, 1.165) is 31.8 Å². The molecule has 6 heteroatoms. The number of piperidine rings is 1. The molecular weight excluding hydrogens is 369 g/mol. The van der Waals surface area contributed by atoms with Crippen LogP contribution in [-0.2, 0) is 9.53 Å². The van der Waals surface area contributed by atoms with Crippen molar-refractivity contribution in [3.05, 3.63) is 0 Å². The molecule has 2 aliphatic heterocycles. The van der Waals surface area contributed by atoms with Crippen LogP contribution in [-0.4, -0.2) is 84.8 Å². The van der Waals surface area contributed by atoms with Crippen molar-refractivity contribution in [2.45, 2.75) is 12.8 Å². The van der Waals surface area contributed by atoms with E-state index in [1.807, 2.05) is 0 Å². The Labute approximate surface area is 136 Å². The lowest BCUT2D eigenvalue weighted by atomic mass is 9.97. The van der Waals surface area contributed by atoms with Crippen molar-refractivity contribution in [2.24, 2.45) is 5.92 Å². The van der Waals surface area contributed by atoms with Gasteiger partial charge in [0.15, 0.2) is 0 Å². The Bertz CT molecular complexity index is 278. The van der Waals surface area contributed by atoms with E-state index >= 15 is 0 Å². The summed E-state index contributed by atoms with van der Waals surface area (Å²) in [7, 11) is 0. The van der Waals surface area contributed by atoms with Crippen LogP contribution in [0.25, 0.3) is 0 Å². The van der Waals surface area contributed by atoms with Gasteiger partial charge in [-0.05, 0) is 18.8 Å². The summed E-state index contributed by atoms with van der Waals surface area (Å²) in [4.78, 5) is 15.2. The zero-order valence-corrected chi connectivity index (χ0v) is 14.3. The molecule has 2 rings (SSSR count). The zero-order valence-electron chi connectivity index (χ0n) is 12.2. The molecule has 0 amide bonds. The number of nitrogens with zero attached hydrogens (tertiary/aromatic N) is 3. The predicted molar refractivity (Wildman–Crippen MR) is 88.1 cm³/mol. The van der Waals surface area contributed by atoms with Crippen LogP contribution >= 0.6 is 22.9 Å². The van der Waals surface area contributed by atoms with Crippen LogP contribution in [0, 0.1) is 5.92 Å². The van der Waals surface area contributed by atoms with Gasteiger partial charge in [-0.2, -0.15) is 0 Å². The summed E-state index contributed by atoms with van der Waals surface area (Å²) >= 11 is 2.44. The summed E-state index contributed by atoms with van der Waals surface area (Å²) in [5, 5.41) is 0. The lowest BCUT2D eigenvalue weighted by Gasteiger charge is -2.38. The van der Waals surface area contributed by atoms with Crippen molar-refractivity contribution in [3.8, 4) is 0 Å². The van der Waals surface area contributed by atoms with Crippen molar-refractivity contribution in [1.29, 1.82) is 0 Å². The van der Waals surface area contributed by atoms with Gasteiger partial charge in [0.25, 0.3) is 0 Å². The van der Waals surface area contributed by atoms with E-state index in [9.17, 15) is 4.79 Å². The number of ether oxygens (including phenoxy) is 1. The molecule has 2 saturated heterocycles. The molecule has 0 N–H and O–H groups in total. The molecule has 0 atom stereocenters. The van der Waals surface area contributed by atoms with Gasteiger partial charge in [-0.25, -0.2) is 3.11 Å². The number of aldehydes is 1. The Kier molecular flexibility index (Phi) is 7.72. The molecule has 0 unspecified atom stereocenters. The molecule has 2 heterocycles. The minimum atomic E-state index is 0.232. The largest absolute Gasteiger partial charge is 0.373 e. The maximum atomic E-state index is 10.2. The molecular formula is C14H26IN3O2. The molecule has 0 spiro atoms. The zero-order chi connectivity index (χ0) is 14.2. The molecule has 0 saturated carbocycles. The smallest absolute Gasteiger partial charge is 0.145 e. The van der Waals surface area contributed by atoms with Crippen molar-refractivity contribution in [3.63, 3.8) is 0 Å². The number of carbonyl (C=O) groups excluding carboxylic acids is 1. The van der Waals surface area contributed by atoms with Crippen LogP contribution in [0.3, 0.4) is 0 Å². The Hall–Kier alpha value is 0.240. The van der Waals surface area contributed by atoms with Crippen LogP contribution in [0.1, 0.15) is 12.8 Å². The predicted octanol–water partition coefficient (Wildman–Crippen LogP) is 0.881. The molecule has 0 aromatic heterocycles. The van der Waals surface area contributed by atoms with E-state index in [-0.39, 0.29) is 6.61 Å². The number of rotatable bonds is 7. The third-order valence-corrected chi connectivity index (χ3v) is 5.24. The SMILES string of the molecule is O=CCOCCN1CCN(CC2CCN(I)CC2)CC1. The molecule has 0 aromatic rings. The summed E-state index contributed by atoms with van der Waals surface area (Å²) in [6, 6.07) is 0. The highest BCUT2D eigenvalue weighted by molar-refractivity contribution is 14.1. The average molecular weight is 395 g/mol. The second-order valence-corrected chi connectivity index (χ2v) is 7.10. The van der Waals surface area contributed by atoms with E-state index in [1.165, 1.54) is 45.6 Å². The number of piperazine rings is 1. The number of hydrogen-bond acceptors (Lipinski definition) is 5. The van der Waals surface area contributed by atoms with Gasteiger partial charge in [0.2, 0.25) is 0 Å². The van der Waals surface area contributed by atoms with E-state index < -0.39 is 0 Å². The molecule has 116 valence electrons. The van der Waals surface area contributed by atoms with Crippen molar-refractivity contribution < 1.29 is 9.53 Å². The van der Waals surface area contributed by atoms with Gasteiger partial charge in [0, 0.05) is 75.2 Å². The Balaban J connectivity index is 1.56. The lowest BCUT2D eigenvalue weighted by molar-refractivity contribution is -0.112. The molecule has 20 heavy (non-hydrogen) atoms. The highest BCUT2D eigenvalue weighted by Gasteiger charge is 2.22. The number of hydrogen-bond donors (Lipinski definition) is 0. The van der Waals surface area contributed by atoms with Crippen LogP contribution < -0.4 is 0 Å². The number of carbonyl (C=O) groups is 1. The maximum absolute atomic E-state index is 10.2. The first kappa shape index (κ1) is 16.6. The van der Waals surface area contributed by atoms with Gasteiger partial charge in [-0.1, -0.05) is 0 Å². The Morgan fingerprint density at radius 1 is 1.05 bits per heavy atom. The minimum absolute atomic E-state index is 0.232. The topological polar surface area (TPSA) is 36.0 Å². The fourth-order valence-corrected chi connectivity index (χ4v) is 3.53. The molecule has 0 bridgehead atoms. The van der Waals surface area contributed by atoms with Crippen molar-refractivity contribution in [1.82, 2.24) is 12.9 Å². The highest BCUT2D eigenvalue weighted by Crippen LogP contribution is 2.21. The summed E-state index contributed by atoms with van der Waals surface area (Å²) in [5.41, 5.74) is 0. The first-order valence-electron chi connectivity index (χ1n) is 7.64. The number of halogens is 1. The van der Waals surface area contributed by atoms with E-state index in [2.05, 4.69) is 35.8 Å². The summed E-state index contributed by atoms with van der Waals surface area (Å²) < 4.78 is 7.62. The fourth-order valence-electron chi connectivity index (χ4n) is 2.97. The van der Waals surface area contributed by atoms with E-state index in [1.54, 1.807) is 0 Å². The second kappa shape index (κ2) is 9.30. The van der Waals surface area contributed by atoms with Gasteiger partial charge in [0.1, 0.15) is 12.9 Å². The standard InChI is InChI=1S/C14H26IN3O2/c15-18-3-1-14(2-4-18)13-17-7-5-16(6-8-17)9-11-20-12-10-19/h10,14H,1-9,11-13H2. The summed E-state index contributed by atoms with van der Waals surface area (Å²) in [6.07, 6.45) is 3.52. The van der Waals surface area contributed by atoms with Gasteiger partial charge >= 0.3 is 0 Å². The average Bonchev–Trinajstić information content (AvgIpc) is 2.48. The van der Waals surface area contributed by atoms with E-state index in [4.69, 9.17) is 4.74 Å². The first-order valence-corrected chi connectivity index (χ1v) is 8.61. The molecule has 2 aliphatic rings. The molecule has 0 aromatic carbocycles. The van der Waals surface area contributed by atoms with Crippen LogP contribution in [0.5, 0.6) is 0 Å².